The highest BCUT2D eigenvalue weighted by atomic mass is 35.5. The molecule has 0 saturated carbocycles. The fourth-order valence-corrected chi connectivity index (χ4v) is 4.88. The molecule has 0 aromatic carbocycles. The van der Waals surface area contributed by atoms with Gasteiger partial charge in [0.1, 0.15) is 23.8 Å². The van der Waals surface area contributed by atoms with Crippen LogP contribution >= 0.6 is 11.6 Å². The second-order valence-corrected chi connectivity index (χ2v) is 9.28. The van der Waals surface area contributed by atoms with Crippen LogP contribution in [0.5, 0.6) is 0 Å². The molecule has 1 amide bonds. The van der Waals surface area contributed by atoms with Gasteiger partial charge in [0.15, 0.2) is 11.5 Å². The summed E-state index contributed by atoms with van der Waals surface area (Å²) in [4.78, 5) is 34.9. The van der Waals surface area contributed by atoms with Gasteiger partial charge in [0.05, 0.1) is 29.3 Å². The number of aromatic nitrogens is 5. The number of carbonyl (C=O) groups is 2. The van der Waals surface area contributed by atoms with E-state index in [1.54, 1.807) is 40.8 Å². The zero-order chi connectivity index (χ0) is 27.2. The number of nitrogens with zero attached hydrogens (tertiary/aromatic N) is 6. The summed E-state index contributed by atoms with van der Waals surface area (Å²) in [5, 5.41) is 7.36. The lowest BCUT2D eigenvalue weighted by atomic mass is 10.0. The third-order valence-electron chi connectivity index (χ3n) is 6.30. The van der Waals surface area contributed by atoms with Crippen molar-refractivity contribution in [3.63, 3.8) is 0 Å². The third-order valence-corrected chi connectivity index (χ3v) is 6.60. The number of piperidine rings is 1. The number of nitrogens with two attached hydrogens (primary N) is 1. The summed E-state index contributed by atoms with van der Waals surface area (Å²) in [6.07, 6.45) is 0.888. The Morgan fingerprint density at radius 1 is 1.34 bits per heavy atom. The molecule has 3 N–H and O–H groups in total. The van der Waals surface area contributed by atoms with Crippen molar-refractivity contribution in [3.8, 4) is 0 Å². The zero-order valence-electron chi connectivity index (χ0n) is 19.9. The molecule has 0 radical (unpaired) electrons. The van der Waals surface area contributed by atoms with E-state index in [9.17, 15) is 22.8 Å². The van der Waals surface area contributed by atoms with Crippen LogP contribution in [0, 0.1) is 0 Å². The minimum absolute atomic E-state index is 0.00192. The lowest BCUT2D eigenvalue weighted by molar-refractivity contribution is -0.205. The van der Waals surface area contributed by atoms with Gasteiger partial charge in [-0.25, -0.2) is 19.3 Å². The van der Waals surface area contributed by atoms with Gasteiger partial charge in [-0.05, 0) is 31.9 Å². The monoisotopic (exact) mass is 550 g/mol. The van der Waals surface area contributed by atoms with E-state index in [0.717, 1.165) is 0 Å². The Labute approximate surface area is 218 Å². The number of nitrogens with one attached hydrogen (secondary N) is 1. The van der Waals surface area contributed by atoms with Crippen molar-refractivity contribution >= 4 is 46.3 Å². The molecular weight excluding hydrogens is 529 g/mol. The highest BCUT2D eigenvalue weighted by Crippen LogP contribution is 2.35. The van der Waals surface area contributed by atoms with Crippen LogP contribution < -0.4 is 16.0 Å². The fraction of sp³-hybridized carbons (Fsp3) is 0.348. The van der Waals surface area contributed by atoms with Crippen LogP contribution in [0.1, 0.15) is 41.7 Å². The van der Waals surface area contributed by atoms with Crippen LogP contribution in [0.4, 0.5) is 24.8 Å². The first-order chi connectivity index (χ1) is 18.0. The van der Waals surface area contributed by atoms with Gasteiger partial charge in [0.25, 0.3) is 5.91 Å². The highest BCUT2D eigenvalue weighted by molar-refractivity contribution is 6.34. The lowest BCUT2D eigenvalue weighted by Gasteiger charge is -2.36. The molecule has 1 aliphatic heterocycles. The maximum absolute atomic E-state index is 13.3. The molecule has 15 heteroatoms. The molecule has 5 rings (SSSR count). The second-order valence-electron chi connectivity index (χ2n) is 8.88. The molecule has 1 unspecified atom stereocenters. The Bertz CT molecular complexity index is 1540. The maximum atomic E-state index is 13.3. The largest absolute Gasteiger partial charge is 0.490 e. The number of carbonyl (C=O) groups excluding carboxylic acids is 2. The van der Waals surface area contributed by atoms with Gasteiger partial charge >= 0.3 is 12.1 Å². The average molecular weight is 551 g/mol. The molecule has 4 aromatic rings. The van der Waals surface area contributed by atoms with E-state index in [0.29, 0.717) is 34.9 Å². The summed E-state index contributed by atoms with van der Waals surface area (Å²) >= 11 is 6.52. The molecule has 2 atom stereocenters. The van der Waals surface area contributed by atoms with Gasteiger partial charge in [-0.2, -0.15) is 13.2 Å². The van der Waals surface area contributed by atoms with Crippen molar-refractivity contribution in [3.05, 3.63) is 53.2 Å². The van der Waals surface area contributed by atoms with Gasteiger partial charge in [0.2, 0.25) is 0 Å². The Hall–Kier alpha value is -4.07. The third kappa shape index (κ3) is 4.66. The lowest BCUT2D eigenvalue weighted by Crippen LogP contribution is -2.44. The smallest absolute Gasteiger partial charge is 0.454 e. The predicted octanol–water partition coefficient (Wildman–Crippen LogP) is 3.18. The van der Waals surface area contributed by atoms with Gasteiger partial charge < -0.3 is 20.7 Å². The maximum Gasteiger partial charge on any atom is 0.490 e. The highest BCUT2D eigenvalue weighted by Gasteiger charge is 2.43. The first-order valence-electron chi connectivity index (χ1n) is 11.6. The zero-order valence-corrected chi connectivity index (χ0v) is 20.7. The van der Waals surface area contributed by atoms with E-state index in [4.69, 9.17) is 22.1 Å². The van der Waals surface area contributed by atoms with Gasteiger partial charge in [-0.15, -0.1) is 5.10 Å². The fourth-order valence-electron chi connectivity index (χ4n) is 4.62. The van der Waals surface area contributed by atoms with Gasteiger partial charge in [-0.3, -0.25) is 9.20 Å². The quantitative estimate of drug-likeness (QED) is 0.362. The molecule has 1 fully saturated rings. The molecule has 11 nitrogen and oxygen atoms in total. The topological polar surface area (TPSA) is 132 Å². The number of esters is 1. The molecular formula is C23H22ClF3N8O3. The van der Waals surface area contributed by atoms with Crippen LogP contribution in [0.2, 0.25) is 5.02 Å². The van der Waals surface area contributed by atoms with Crippen molar-refractivity contribution in [2.45, 2.75) is 38.1 Å². The summed E-state index contributed by atoms with van der Waals surface area (Å²) in [7, 11) is 0. The number of imidazole rings is 1. The van der Waals surface area contributed by atoms with Crippen molar-refractivity contribution in [1.29, 1.82) is 0 Å². The predicted molar refractivity (Wildman–Crippen MR) is 131 cm³/mol. The number of rotatable bonds is 5. The Morgan fingerprint density at radius 3 is 2.89 bits per heavy atom. The van der Waals surface area contributed by atoms with Crippen molar-refractivity contribution in [2.75, 3.05) is 23.7 Å². The number of anilines is 2. The van der Waals surface area contributed by atoms with E-state index in [1.165, 1.54) is 17.0 Å². The second kappa shape index (κ2) is 9.67. The van der Waals surface area contributed by atoms with Crippen LogP contribution in [0.15, 0.2) is 37.1 Å². The molecule has 38 heavy (non-hydrogen) atoms. The van der Waals surface area contributed by atoms with E-state index in [2.05, 4.69) is 20.4 Å². The van der Waals surface area contributed by atoms with Crippen LogP contribution in [-0.4, -0.2) is 61.2 Å². The summed E-state index contributed by atoms with van der Waals surface area (Å²) in [6, 6.07) is 2.68. The first-order valence-corrected chi connectivity index (χ1v) is 12.0. The number of pyridine rings is 1. The molecule has 1 saturated heterocycles. The average Bonchev–Trinajstić information content (AvgIpc) is 3.48. The Kier molecular flexibility index (Phi) is 6.51. The first kappa shape index (κ1) is 25.6. The number of ether oxygens (including phenoxy) is 1. The Balaban J connectivity index is 1.48. The van der Waals surface area contributed by atoms with Crippen LogP contribution in [0.25, 0.3) is 11.2 Å². The van der Waals surface area contributed by atoms with Crippen molar-refractivity contribution in [1.82, 2.24) is 29.3 Å². The van der Waals surface area contributed by atoms with E-state index < -0.39 is 30.2 Å². The SMILES string of the molecule is CC(NC(=O)c1c(N)nn2cccnc12)c1cc(Cl)c2cncn2c1N1CCC[C@H](OC(=O)C(F)(F)F)C1. The number of fused-ring (bicyclic) bond motifs is 2. The number of nitrogen functional groups attached to an aromatic ring is 1. The number of hydrogen-bond acceptors (Lipinski definition) is 8. The normalized spacial score (nSPS) is 17.1. The molecule has 0 spiro atoms. The molecule has 0 aliphatic carbocycles. The summed E-state index contributed by atoms with van der Waals surface area (Å²) in [5.41, 5.74) is 7.51. The van der Waals surface area contributed by atoms with Crippen molar-refractivity contribution < 1.29 is 27.5 Å². The van der Waals surface area contributed by atoms with Gasteiger partial charge in [0, 0.05) is 24.5 Å². The van der Waals surface area contributed by atoms with E-state index in [1.807, 2.05) is 0 Å². The van der Waals surface area contributed by atoms with Crippen LogP contribution in [-0.2, 0) is 9.53 Å². The minimum atomic E-state index is -5.08. The van der Waals surface area contributed by atoms with Crippen molar-refractivity contribution in [2.24, 2.45) is 0 Å². The number of hydrogen-bond donors (Lipinski definition) is 2. The van der Waals surface area contributed by atoms with Crippen LogP contribution in [0.3, 0.4) is 0 Å². The summed E-state index contributed by atoms with van der Waals surface area (Å²) < 4.78 is 46.2. The molecule has 0 bridgehead atoms. The van der Waals surface area contributed by atoms with Gasteiger partial charge in [-0.1, -0.05) is 11.6 Å². The molecule has 4 aromatic heterocycles. The molecule has 200 valence electrons. The number of alkyl halides is 3. The summed E-state index contributed by atoms with van der Waals surface area (Å²) in [5.74, 6) is -2.20. The standard InChI is InChI=1S/C23H22ClF3N8O3/c1-12(31-20(36)17-18(28)32-35-7-3-5-30-19(17)35)14-8-15(24)16-9-29-11-34(16)21(14)33-6-2-4-13(10-33)38-22(37)23(25,26)27/h3,5,7-9,11-13H,2,4,6,10H2,1H3,(H2,28,32)(H,31,36)/t12?,13-/m0/s1. The van der Waals surface area contributed by atoms with E-state index in [-0.39, 0.29) is 30.0 Å². The Morgan fingerprint density at radius 2 is 2.13 bits per heavy atom. The van der Waals surface area contributed by atoms with E-state index >= 15 is 0 Å². The minimum Gasteiger partial charge on any atom is -0.454 e. The molecule has 1 aliphatic rings. The number of halogens is 4. The number of amides is 1. The molecule has 5 heterocycles. The summed E-state index contributed by atoms with van der Waals surface area (Å²) in [6.45, 7) is 2.21.